The molecule has 0 amide bonds. The standard InChI is InChI=1S/C11H13N3O2/c15-9(7-3-1-5-12-7)11-14-10-8(16-11)4-2-6-13-10/h2,4,6-7,9,12,15H,1,3,5H2/t7-,9?/m0/s1. The number of nitrogens with one attached hydrogen (secondary N) is 1. The summed E-state index contributed by atoms with van der Waals surface area (Å²) in [5, 5.41) is 13.3. The number of fused-ring (bicyclic) bond motifs is 1. The summed E-state index contributed by atoms with van der Waals surface area (Å²) < 4.78 is 5.48. The fourth-order valence-electron chi connectivity index (χ4n) is 2.07. The maximum Gasteiger partial charge on any atom is 0.227 e. The highest BCUT2D eigenvalue weighted by Crippen LogP contribution is 2.24. The summed E-state index contributed by atoms with van der Waals surface area (Å²) in [5.74, 6) is 0.355. The summed E-state index contributed by atoms with van der Waals surface area (Å²) in [6.45, 7) is 0.945. The number of aliphatic hydroxyl groups excluding tert-OH is 1. The SMILES string of the molecule is OC(c1nc2ncccc2o1)[C@@H]1CCCN1. The first-order chi connectivity index (χ1) is 7.84. The molecule has 5 heteroatoms. The summed E-state index contributed by atoms with van der Waals surface area (Å²) in [6.07, 6.45) is 3.01. The number of pyridine rings is 1. The van der Waals surface area contributed by atoms with Crippen LogP contribution in [0, 0.1) is 0 Å². The van der Waals surface area contributed by atoms with Gasteiger partial charge >= 0.3 is 0 Å². The van der Waals surface area contributed by atoms with Crippen molar-refractivity contribution in [1.82, 2.24) is 15.3 Å². The minimum Gasteiger partial charge on any atom is -0.436 e. The fourth-order valence-corrected chi connectivity index (χ4v) is 2.07. The first-order valence-electron chi connectivity index (χ1n) is 5.47. The largest absolute Gasteiger partial charge is 0.436 e. The minimum absolute atomic E-state index is 0.0491. The Labute approximate surface area is 92.5 Å². The van der Waals surface area contributed by atoms with Gasteiger partial charge in [-0.1, -0.05) is 0 Å². The molecule has 84 valence electrons. The lowest BCUT2D eigenvalue weighted by atomic mass is 10.1. The van der Waals surface area contributed by atoms with Gasteiger partial charge in [0.25, 0.3) is 0 Å². The molecule has 5 nitrogen and oxygen atoms in total. The van der Waals surface area contributed by atoms with E-state index in [1.54, 1.807) is 18.3 Å². The van der Waals surface area contributed by atoms with E-state index in [1.165, 1.54) is 0 Å². The number of nitrogens with zero attached hydrogens (tertiary/aromatic N) is 2. The van der Waals surface area contributed by atoms with Gasteiger partial charge in [0.1, 0.15) is 6.10 Å². The zero-order valence-corrected chi connectivity index (χ0v) is 8.76. The lowest BCUT2D eigenvalue weighted by Gasteiger charge is -2.14. The van der Waals surface area contributed by atoms with E-state index in [-0.39, 0.29) is 6.04 Å². The number of hydrogen-bond donors (Lipinski definition) is 2. The van der Waals surface area contributed by atoms with Gasteiger partial charge < -0.3 is 14.8 Å². The average Bonchev–Trinajstić information content (AvgIpc) is 2.97. The van der Waals surface area contributed by atoms with Gasteiger partial charge in [0.05, 0.1) is 0 Å². The molecular weight excluding hydrogens is 206 g/mol. The third-order valence-electron chi connectivity index (χ3n) is 2.91. The molecule has 0 aliphatic carbocycles. The number of hydrogen-bond acceptors (Lipinski definition) is 5. The molecule has 16 heavy (non-hydrogen) atoms. The molecule has 2 atom stereocenters. The molecule has 1 fully saturated rings. The van der Waals surface area contributed by atoms with Crippen LogP contribution in [0.15, 0.2) is 22.7 Å². The zero-order valence-electron chi connectivity index (χ0n) is 8.76. The van der Waals surface area contributed by atoms with E-state index in [2.05, 4.69) is 15.3 Å². The zero-order chi connectivity index (χ0) is 11.0. The number of aromatic nitrogens is 2. The lowest BCUT2D eigenvalue weighted by molar-refractivity contribution is 0.109. The van der Waals surface area contributed by atoms with E-state index in [0.717, 1.165) is 19.4 Å². The Morgan fingerprint density at radius 2 is 2.50 bits per heavy atom. The van der Waals surface area contributed by atoms with Crippen molar-refractivity contribution in [2.75, 3.05) is 6.54 Å². The first kappa shape index (κ1) is 9.74. The van der Waals surface area contributed by atoms with Crippen LogP contribution in [0.25, 0.3) is 11.2 Å². The van der Waals surface area contributed by atoms with Crippen LogP contribution in [0.3, 0.4) is 0 Å². The molecule has 1 aliphatic rings. The summed E-state index contributed by atoms with van der Waals surface area (Å²) in [7, 11) is 0. The molecule has 1 aliphatic heterocycles. The molecule has 2 N–H and O–H groups in total. The van der Waals surface area contributed by atoms with Crippen molar-refractivity contribution in [2.45, 2.75) is 25.0 Å². The molecule has 1 saturated heterocycles. The predicted molar refractivity (Wildman–Crippen MR) is 57.8 cm³/mol. The van der Waals surface area contributed by atoms with E-state index < -0.39 is 6.10 Å². The third kappa shape index (κ3) is 1.58. The van der Waals surface area contributed by atoms with Gasteiger partial charge in [-0.05, 0) is 31.5 Å². The Hall–Kier alpha value is -1.46. The Kier molecular flexibility index (Phi) is 2.34. The van der Waals surface area contributed by atoms with Crippen molar-refractivity contribution in [3.8, 4) is 0 Å². The monoisotopic (exact) mass is 219 g/mol. The van der Waals surface area contributed by atoms with E-state index in [9.17, 15) is 5.11 Å². The summed E-state index contributed by atoms with van der Waals surface area (Å²) in [5.41, 5.74) is 1.17. The van der Waals surface area contributed by atoms with Crippen LogP contribution in [0.1, 0.15) is 24.8 Å². The number of rotatable bonds is 2. The van der Waals surface area contributed by atoms with E-state index in [4.69, 9.17) is 4.42 Å². The topological polar surface area (TPSA) is 71.2 Å². The van der Waals surface area contributed by atoms with Gasteiger partial charge in [-0.15, -0.1) is 0 Å². The smallest absolute Gasteiger partial charge is 0.227 e. The van der Waals surface area contributed by atoms with Crippen LogP contribution in [-0.4, -0.2) is 27.7 Å². The second kappa shape index (κ2) is 3.84. The summed E-state index contributed by atoms with van der Waals surface area (Å²) >= 11 is 0. The van der Waals surface area contributed by atoms with Crippen molar-refractivity contribution in [3.63, 3.8) is 0 Å². The van der Waals surface area contributed by atoms with Crippen LogP contribution in [-0.2, 0) is 0 Å². The van der Waals surface area contributed by atoms with Crippen molar-refractivity contribution < 1.29 is 9.52 Å². The molecule has 0 aromatic carbocycles. The van der Waals surface area contributed by atoms with E-state index >= 15 is 0 Å². The van der Waals surface area contributed by atoms with Crippen LogP contribution >= 0.6 is 0 Å². The number of aliphatic hydroxyl groups is 1. The highest BCUT2D eigenvalue weighted by molar-refractivity contribution is 5.66. The molecular formula is C11H13N3O2. The Morgan fingerprint density at radius 1 is 1.56 bits per heavy atom. The third-order valence-corrected chi connectivity index (χ3v) is 2.91. The predicted octanol–water partition coefficient (Wildman–Crippen LogP) is 1.01. The molecule has 0 saturated carbocycles. The Morgan fingerprint density at radius 3 is 3.25 bits per heavy atom. The maximum absolute atomic E-state index is 10.1. The summed E-state index contributed by atoms with van der Waals surface area (Å²) in [4.78, 5) is 8.26. The Bertz CT molecular complexity index is 458. The lowest BCUT2D eigenvalue weighted by Crippen LogP contribution is -2.28. The molecule has 3 rings (SSSR count). The van der Waals surface area contributed by atoms with Crippen LogP contribution in [0.5, 0.6) is 0 Å². The van der Waals surface area contributed by atoms with Gasteiger partial charge in [-0.3, -0.25) is 0 Å². The molecule has 2 aromatic heterocycles. The van der Waals surface area contributed by atoms with Crippen molar-refractivity contribution in [3.05, 3.63) is 24.2 Å². The van der Waals surface area contributed by atoms with Gasteiger partial charge in [0.2, 0.25) is 5.89 Å². The normalized spacial score (nSPS) is 22.7. The maximum atomic E-state index is 10.1. The second-order valence-corrected chi connectivity index (χ2v) is 4.02. The minimum atomic E-state index is -0.684. The van der Waals surface area contributed by atoms with Gasteiger partial charge in [0.15, 0.2) is 11.2 Å². The van der Waals surface area contributed by atoms with Gasteiger partial charge in [0, 0.05) is 12.2 Å². The highest BCUT2D eigenvalue weighted by Gasteiger charge is 2.27. The van der Waals surface area contributed by atoms with Crippen molar-refractivity contribution in [1.29, 1.82) is 0 Å². The van der Waals surface area contributed by atoms with Crippen LogP contribution in [0.4, 0.5) is 0 Å². The van der Waals surface area contributed by atoms with Gasteiger partial charge in [-0.25, -0.2) is 4.98 Å². The molecule has 0 radical (unpaired) electrons. The molecule has 0 spiro atoms. The molecule has 0 bridgehead atoms. The first-order valence-corrected chi connectivity index (χ1v) is 5.47. The fraction of sp³-hybridized carbons (Fsp3) is 0.455. The molecule has 2 aromatic rings. The average molecular weight is 219 g/mol. The van der Waals surface area contributed by atoms with E-state index in [0.29, 0.717) is 17.1 Å². The van der Waals surface area contributed by atoms with Crippen LogP contribution in [0.2, 0.25) is 0 Å². The highest BCUT2D eigenvalue weighted by atomic mass is 16.4. The van der Waals surface area contributed by atoms with Crippen molar-refractivity contribution >= 4 is 11.2 Å². The second-order valence-electron chi connectivity index (χ2n) is 4.02. The van der Waals surface area contributed by atoms with Gasteiger partial charge in [-0.2, -0.15) is 4.98 Å². The molecule has 1 unspecified atom stereocenters. The molecule has 3 heterocycles. The quantitative estimate of drug-likeness (QED) is 0.788. The summed E-state index contributed by atoms with van der Waals surface area (Å²) in [6, 6.07) is 3.64. The van der Waals surface area contributed by atoms with E-state index in [1.807, 2.05) is 0 Å². The van der Waals surface area contributed by atoms with Crippen molar-refractivity contribution in [2.24, 2.45) is 0 Å². The number of oxazole rings is 1. The van der Waals surface area contributed by atoms with Crippen LogP contribution < -0.4 is 5.32 Å². The Balaban J connectivity index is 1.92.